The predicted octanol–water partition coefficient (Wildman–Crippen LogP) is 0.0656. The molecule has 1 fully saturated rings. The molecule has 0 bridgehead atoms. The second kappa shape index (κ2) is 6.60. The van der Waals surface area contributed by atoms with E-state index in [0.717, 1.165) is 16.3 Å². The zero-order chi connectivity index (χ0) is 15.4. The van der Waals surface area contributed by atoms with Crippen LogP contribution in [0.15, 0.2) is 4.99 Å². The highest BCUT2D eigenvalue weighted by molar-refractivity contribution is 6.27. The molecular weight excluding hydrogens is 260 g/mol. The largest absolute Gasteiger partial charge is 0.332 e. The first kappa shape index (κ1) is 16.3. The number of hydrogen-bond donors (Lipinski definition) is 0. The second-order valence-electron chi connectivity index (χ2n) is 5.04. The van der Waals surface area contributed by atoms with Crippen molar-refractivity contribution in [1.29, 1.82) is 0 Å². The quantitative estimate of drug-likeness (QED) is 0.528. The third-order valence-electron chi connectivity index (χ3n) is 3.29. The minimum absolute atomic E-state index is 0.497. The van der Waals surface area contributed by atoms with Gasteiger partial charge in [-0.05, 0) is 20.5 Å². The van der Waals surface area contributed by atoms with Gasteiger partial charge in [-0.15, -0.1) is 0 Å². The number of likely N-dealkylation sites (N-methyl/N-ethyl adjacent to an activating group) is 1. The molecule has 7 nitrogen and oxygen atoms in total. The van der Waals surface area contributed by atoms with E-state index in [-0.39, 0.29) is 0 Å². The summed E-state index contributed by atoms with van der Waals surface area (Å²) in [5.41, 5.74) is 0.535. The molecule has 1 rings (SSSR count). The normalized spacial score (nSPS) is 18.5. The Hall–Kier alpha value is -1.76. The highest BCUT2D eigenvalue weighted by atomic mass is 16.2. The maximum atomic E-state index is 12.2. The van der Waals surface area contributed by atoms with Crippen molar-refractivity contribution < 1.29 is 14.4 Å². The molecule has 4 amide bonds. The summed E-state index contributed by atoms with van der Waals surface area (Å²) >= 11 is 0. The first-order valence-electron chi connectivity index (χ1n) is 6.58. The van der Waals surface area contributed by atoms with Gasteiger partial charge in [0.25, 0.3) is 0 Å². The van der Waals surface area contributed by atoms with Gasteiger partial charge in [0.15, 0.2) is 5.92 Å². The lowest BCUT2D eigenvalue weighted by Crippen LogP contribution is -2.58. The molecule has 0 saturated carbocycles. The van der Waals surface area contributed by atoms with Crippen LogP contribution in [0.2, 0.25) is 0 Å². The number of aliphatic imine (C=N–C) groups is 1. The van der Waals surface area contributed by atoms with E-state index in [0.29, 0.717) is 18.7 Å². The molecule has 112 valence electrons. The van der Waals surface area contributed by atoms with Gasteiger partial charge in [0, 0.05) is 26.4 Å². The van der Waals surface area contributed by atoms with Crippen LogP contribution in [0.1, 0.15) is 13.3 Å². The Morgan fingerprint density at radius 1 is 1.15 bits per heavy atom. The van der Waals surface area contributed by atoms with E-state index in [1.807, 2.05) is 25.9 Å². The molecule has 1 saturated heterocycles. The number of carbonyl (C=O) groups is 3. The fraction of sp³-hybridized carbons (Fsp3) is 0.692. The van der Waals surface area contributed by atoms with Crippen LogP contribution in [0.3, 0.4) is 0 Å². The van der Waals surface area contributed by atoms with Crippen molar-refractivity contribution in [1.82, 2.24) is 14.7 Å². The Morgan fingerprint density at radius 3 is 2.05 bits per heavy atom. The van der Waals surface area contributed by atoms with Gasteiger partial charge in [0.2, 0.25) is 11.8 Å². The number of carbonyl (C=O) groups excluding carboxylic acids is 3. The van der Waals surface area contributed by atoms with E-state index in [4.69, 9.17) is 0 Å². The number of nitrogens with zero attached hydrogens (tertiary/aromatic N) is 4. The van der Waals surface area contributed by atoms with Gasteiger partial charge in [-0.2, -0.15) is 0 Å². The average molecular weight is 282 g/mol. The number of amides is 4. The summed E-state index contributed by atoms with van der Waals surface area (Å²) in [6.45, 7) is 3.11. The molecule has 0 aliphatic carbocycles. The molecule has 0 spiro atoms. The summed E-state index contributed by atoms with van der Waals surface area (Å²) in [6, 6.07) is -0.597. The Balaban J connectivity index is 2.98. The Morgan fingerprint density at radius 2 is 1.65 bits per heavy atom. The molecule has 0 N–H and O–H groups in total. The van der Waals surface area contributed by atoms with Crippen LogP contribution < -0.4 is 0 Å². The summed E-state index contributed by atoms with van der Waals surface area (Å²) in [7, 11) is 6.62. The molecule has 0 aromatic carbocycles. The number of urea groups is 1. The number of rotatable bonds is 5. The van der Waals surface area contributed by atoms with E-state index in [2.05, 4.69) is 4.99 Å². The van der Waals surface area contributed by atoms with Crippen molar-refractivity contribution in [3.05, 3.63) is 0 Å². The molecule has 0 aromatic heterocycles. The van der Waals surface area contributed by atoms with Crippen molar-refractivity contribution in [3.8, 4) is 0 Å². The summed E-state index contributed by atoms with van der Waals surface area (Å²) in [5, 5.41) is 0. The highest BCUT2D eigenvalue weighted by Gasteiger charge is 2.44. The van der Waals surface area contributed by atoms with Crippen LogP contribution in [0.5, 0.6) is 0 Å². The molecule has 0 radical (unpaired) electrons. The van der Waals surface area contributed by atoms with E-state index in [9.17, 15) is 14.4 Å². The molecule has 1 aliphatic rings. The number of hydrogen-bond acceptors (Lipinski definition) is 5. The lowest BCUT2D eigenvalue weighted by molar-refractivity contribution is -0.144. The summed E-state index contributed by atoms with van der Waals surface area (Å²) in [4.78, 5) is 44.3. The van der Waals surface area contributed by atoms with E-state index in [1.165, 1.54) is 14.1 Å². The Labute approximate surface area is 119 Å². The van der Waals surface area contributed by atoms with Gasteiger partial charge < -0.3 is 4.90 Å². The summed E-state index contributed by atoms with van der Waals surface area (Å²) in [5.74, 6) is -1.96. The fourth-order valence-electron chi connectivity index (χ4n) is 1.99. The molecular formula is C13H22N4O3. The highest BCUT2D eigenvalue weighted by Crippen LogP contribution is 2.18. The molecule has 0 aromatic rings. The molecule has 0 atom stereocenters. The zero-order valence-corrected chi connectivity index (χ0v) is 12.7. The van der Waals surface area contributed by atoms with E-state index in [1.54, 1.807) is 0 Å². The average Bonchev–Trinajstić information content (AvgIpc) is 2.41. The lowest BCUT2D eigenvalue weighted by Gasteiger charge is -2.33. The van der Waals surface area contributed by atoms with Crippen molar-refractivity contribution in [3.63, 3.8) is 0 Å². The third-order valence-corrected chi connectivity index (χ3v) is 3.29. The van der Waals surface area contributed by atoms with Crippen LogP contribution in [0.4, 0.5) is 4.79 Å². The predicted molar refractivity (Wildman–Crippen MR) is 75.6 cm³/mol. The van der Waals surface area contributed by atoms with Gasteiger partial charge in [-0.1, -0.05) is 6.92 Å². The first-order chi connectivity index (χ1) is 9.31. The maximum Gasteiger partial charge on any atom is 0.332 e. The second-order valence-corrected chi connectivity index (χ2v) is 5.04. The van der Waals surface area contributed by atoms with Crippen LogP contribution in [0, 0.1) is 5.92 Å². The molecule has 1 aliphatic heterocycles. The SMILES string of the molecule is CCC(=NCCN(C)C)C1C(=O)N(C)C(=O)N(C)C1=O. The molecule has 0 unspecified atom stereocenters. The third kappa shape index (κ3) is 3.22. The van der Waals surface area contributed by atoms with Crippen LogP contribution in [-0.4, -0.2) is 79.5 Å². The molecule has 7 heteroatoms. The first-order valence-corrected chi connectivity index (χ1v) is 6.58. The van der Waals surface area contributed by atoms with Crippen molar-refractivity contribution in [2.24, 2.45) is 10.9 Å². The van der Waals surface area contributed by atoms with E-state index < -0.39 is 23.8 Å². The minimum atomic E-state index is -0.963. The number of imide groups is 2. The van der Waals surface area contributed by atoms with E-state index >= 15 is 0 Å². The van der Waals surface area contributed by atoms with Gasteiger partial charge in [0.05, 0.1) is 6.54 Å². The summed E-state index contributed by atoms with van der Waals surface area (Å²) in [6.07, 6.45) is 0.505. The lowest BCUT2D eigenvalue weighted by atomic mass is 9.96. The molecule has 1 heterocycles. The zero-order valence-electron chi connectivity index (χ0n) is 12.7. The van der Waals surface area contributed by atoms with Crippen molar-refractivity contribution in [2.75, 3.05) is 41.3 Å². The van der Waals surface area contributed by atoms with Crippen molar-refractivity contribution >= 4 is 23.6 Å². The monoisotopic (exact) mass is 282 g/mol. The maximum absolute atomic E-state index is 12.2. The van der Waals surface area contributed by atoms with Gasteiger partial charge in [0.1, 0.15) is 0 Å². The van der Waals surface area contributed by atoms with Crippen LogP contribution >= 0.6 is 0 Å². The standard InChI is InChI=1S/C13H22N4O3/c1-6-9(14-7-8-15(2)3)10-11(18)16(4)13(20)17(5)12(10)19/h10H,6-8H2,1-5H3. The topological polar surface area (TPSA) is 73.3 Å². The molecule has 20 heavy (non-hydrogen) atoms. The fourth-order valence-corrected chi connectivity index (χ4v) is 1.99. The summed E-state index contributed by atoms with van der Waals surface area (Å²) < 4.78 is 0. The van der Waals surface area contributed by atoms with Gasteiger partial charge >= 0.3 is 6.03 Å². The smallest absolute Gasteiger partial charge is 0.308 e. The van der Waals surface area contributed by atoms with Crippen LogP contribution in [0.25, 0.3) is 0 Å². The minimum Gasteiger partial charge on any atom is -0.308 e. The number of barbiturate groups is 1. The van der Waals surface area contributed by atoms with Gasteiger partial charge in [-0.25, -0.2) is 4.79 Å². The van der Waals surface area contributed by atoms with Crippen LogP contribution in [-0.2, 0) is 9.59 Å². The van der Waals surface area contributed by atoms with Crippen molar-refractivity contribution in [2.45, 2.75) is 13.3 Å². The van der Waals surface area contributed by atoms with Gasteiger partial charge in [-0.3, -0.25) is 24.4 Å². The Bertz CT molecular complexity index is 421. The Kier molecular flexibility index (Phi) is 5.38.